The second-order valence-electron chi connectivity index (χ2n) is 8.82. The number of carbonyl (C=O) groups excluding carboxylic acids is 1. The van der Waals surface area contributed by atoms with Crippen molar-refractivity contribution in [2.45, 2.75) is 86.6 Å². The monoisotopic (exact) mass is 504 g/mol. The van der Waals surface area contributed by atoms with Gasteiger partial charge in [0.15, 0.2) is 5.13 Å². The molecule has 0 atom stereocenters. The molecule has 0 aliphatic heterocycles. The van der Waals surface area contributed by atoms with Crippen molar-refractivity contribution in [3.8, 4) is 5.88 Å². The molecule has 2 saturated carbocycles. The summed E-state index contributed by atoms with van der Waals surface area (Å²) < 4.78 is 6.97. The zero-order chi connectivity index (χ0) is 23.8. The second kappa shape index (κ2) is 12.4. The van der Waals surface area contributed by atoms with E-state index >= 15 is 0 Å². The van der Waals surface area contributed by atoms with Crippen LogP contribution < -0.4 is 10.1 Å². The van der Waals surface area contributed by atoms with Gasteiger partial charge in [0, 0.05) is 30.1 Å². The summed E-state index contributed by atoms with van der Waals surface area (Å²) in [4.78, 5) is 34.9. The number of thiazole rings is 1. The molecular weight excluding hydrogens is 472 g/mol. The van der Waals surface area contributed by atoms with Crippen LogP contribution in [0.15, 0.2) is 34.8 Å². The van der Waals surface area contributed by atoms with Crippen LogP contribution >= 0.6 is 23.1 Å². The molecule has 4 rings (SSSR count). The van der Waals surface area contributed by atoms with Crippen molar-refractivity contribution in [3.05, 3.63) is 30.6 Å². The van der Waals surface area contributed by atoms with Gasteiger partial charge in [0.1, 0.15) is 6.10 Å². The number of ether oxygens (including phenoxy) is 1. The van der Waals surface area contributed by atoms with Crippen LogP contribution in [0.25, 0.3) is 0 Å². The second-order valence-corrected chi connectivity index (χ2v) is 11.2. The van der Waals surface area contributed by atoms with Crippen molar-refractivity contribution in [1.82, 2.24) is 14.9 Å². The van der Waals surface area contributed by atoms with E-state index in [1.54, 1.807) is 12.4 Å². The molecule has 184 valence electrons. The van der Waals surface area contributed by atoms with Crippen LogP contribution in [0.4, 0.5) is 9.93 Å². The minimum atomic E-state index is -0.811. The quantitative estimate of drug-likeness (QED) is 0.424. The Kier molecular flexibility index (Phi) is 9.04. The standard InChI is InChI=1S/C24H32N4O4S2/c29-21(30)13-15-33-22-16-26-23(34-22)27-24(31)28(17-6-2-1-3-7-17)18-9-11-19(12-10-18)32-20-8-4-5-14-25-20/h4-5,8,14,16-19H,1-3,6-7,9-13,15H2,(H,29,30)(H,26,27,31)/t18-,19-. The number of hydrogen-bond donors (Lipinski definition) is 2. The maximum absolute atomic E-state index is 13.5. The molecule has 2 aliphatic carbocycles. The third-order valence-corrected chi connectivity index (χ3v) is 8.53. The number of aliphatic carboxylic acids is 1. The van der Waals surface area contributed by atoms with E-state index in [-0.39, 0.29) is 30.6 Å². The highest BCUT2D eigenvalue weighted by Crippen LogP contribution is 2.33. The lowest BCUT2D eigenvalue weighted by atomic mass is 9.88. The Labute approximate surface area is 208 Å². The number of nitrogens with zero attached hydrogens (tertiary/aromatic N) is 3. The molecule has 2 N–H and O–H groups in total. The SMILES string of the molecule is O=C(O)CCSc1cnc(NC(=O)N(C2CCCCC2)[C@H]2CC[C@H](Oc3ccccn3)CC2)s1. The normalized spacial score (nSPS) is 21.1. The van der Waals surface area contributed by atoms with Gasteiger partial charge in [-0.2, -0.15) is 0 Å². The molecule has 8 nitrogen and oxygen atoms in total. The van der Waals surface area contributed by atoms with Gasteiger partial charge in [-0.05, 0) is 44.6 Å². The summed E-state index contributed by atoms with van der Waals surface area (Å²) in [6.07, 6.45) is 13.0. The van der Waals surface area contributed by atoms with Crippen molar-refractivity contribution in [3.63, 3.8) is 0 Å². The summed E-state index contributed by atoms with van der Waals surface area (Å²) >= 11 is 2.85. The molecule has 2 fully saturated rings. The molecule has 0 unspecified atom stereocenters. The van der Waals surface area contributed by atoms with Crippen molar-refractivity contribution in [1.29, 1.82) is 0 Å². The molecule has 0 radical (unpaired) electrons. The van der Waals surface area contributed by atoms with E-state index in [1.165, 1.54) is 29.5 Å². The minimum absolute atomic E-state index is 0.0718. The minimum Gasteiger partial charge on any atom is -0.481 e. The Morgan fingerprint density at radius 2 is 1.85 bits per heavy atom. The first kappa shape index (κ1) is 24.8. The summed E-state index contributed by atoms with van der Waals surface area (Å²) in [5.41, 5.74) is 0. The average molecular weight is 505 g/mol. The van der Waals surface area contributed by atoms with Gasteiger partial charge in [-0.3, -0.25) is 10.1 Å². The zero-order valence-electron chi connectivity index (χ0n) is 19.2. The van der Waals surface area contributed by atoms with Crippen LogP contribution in [-0.4, -0.2) is 55.9 Å². The Hall–Kier alpha value is -2.33. The zero-order valence-corrected chi connectivity index (χ0v) is 20.9. The number of rotatable bonds is 9. The molecule has 0 bridgehead atoms. The van der Waals surface area contributed by atoms with Crippen LogP contribution in [0.2, 0.25) is 0 Å². The summed E-state index contributed by atoms with van der Waals surface area (Å²) in [7, 11) is 0. The van der Waals surface area contributed by atoms with Crippen molar-refractivity contribution < 1.29 is 19.4 Å². The molecule has 0 aromatic carbocycles. The Morgan fingerprint density at radius 1 is 1.09 bits per heavy atom. The fourth-order valence-corrected chi connectivity index (χ4v) is 6.66. The van der Waals surface area contributed by atoms with Gasteiger partial charge in [-0.1, -0.05) is 36.7 Å². The molecule has 2 heterocycles. The molecule has 2 amide bonds. The van der Waals surface area contributed by atoms with Gasteiger partial charge in [0.05, 0.1) is 16.8 Å². The predicted molar refractivity (Wildman–Crippen MR) is 134 cm³/mol. The van der Waals surface area contributed by atoms with Crippen LogP contribution in [-0.2, 0) is 4.79 Å². The number of urea groups is 1. The number of amides is 2. The third-order valence-electron chi connectivity index (χ3n) is 6.42. The van der Waals surface area contributed by atoms with Gasteiger partial charge in [0.25, 0.3) is 0 Å². The van der Waals surface area contributed by atoms with Crippen LogP contribution in [0, 0.1) is 0 Å². The maximum Gasteiger partial charge on any atom is 0.324 e. The van der Waals surface area contributed by atoms with Gasteiger partial charge in [-0.25, -0.2) is 14.8 Å². The van der Waals surface area contributed by atoms with E-state index in [9.17, 15) is 9.59 Å². The fraction of sp³-hybridized carbons (Fsp3) is 0.583. The number of anilines is 1. The smallest absolute Gasteiger partial charge is 0.324 e. The average Bonchev–Trinajstić information content (AvgIpc) is 3.28. The Bertz CT molecular complexity index is 928. The molecule has 0 spiro atoms. The van der Waals surface area contributed by atoms with Crippen molar-refractivity contribution in [2.75, 3.05) is 11.1 Å². The third kappa shape index (κ3) is 7.09. The number of carbonyl (C=O) groups is 2. The number of pyridine rings is 1. The van der Waals surface area contributed by atoms with E-state index in [0.717, 1.165) is 55.6 Å². The summed E-state index contributed by atoms with van der Waals surface area (Å²) in [6, 6.07) is 6.07. The number of carboxylic acids is 1. The molecule has 2 aliphatic rings. The highest BCUT2D eigenvalue weighted by molar-refractivity contribution is 8.01. The first-order valence-corrected chi connectivity index (χ1v) is 13.9. The lowest BCUT2D eigenvalue weighted by molar-refractivity contribution is -0.136. The van der Waals surface area contributed by atoms with Gasteiger partial charge in [-0.15, -0.1) is 11.8 Å². The van der Waals surface area contributed by atoms with Gasteiger partial charge < -0.3 is 14.7 Å². The number of hydrogen-bond acceptors (Lipinski definition) is 7. The largest absolute Gasteiger partial charge is 0.481 e. The molecule has 0 saturated heterocycles. The molecule has 10 heteroatoms. The molecular formula is C24H32N4O4S2. The first-order valence-electron chi connectivity index (χ1n) is 12.1. The van der Waals surface area contributed by atoms with E-state index in [2.05, 4.69) is 20.2 Å². The number of aromatic nitrogens is 2. The highest BCUT2D eigenvalue weighted by atomic mass is 32.2. The molecule has 2 aromatic rings. The van der Waals surface area contributed by atoms with E-state index in [0.29, 0.717) is 16.8 Å². The Balaban J connectivity index is 1.36. The number of carboxylic acid groups (broad SMARTS) is 1. The van der Waals surface area contributed by atoms with Gasteiger partial charge in [0.2, 0.25) is 5.88 Å². The summed E-state index contributed by atoms with van der Waals surface area (Å²) in [5, 5.41) is 12.4. The first-order chi connectivity index (χ1) is 16.6. The summed E-state index contributed by atoms with van der Waals surface area (Å²) in [6.45, 7) is 0. The fourth-order valence-electron chi connectivity index (χ4n) is 4.80. The maximum atomic E-state index is 13.5. The lowest BCUT2D eigenvalue weighted by Crippen LogP contribution is -2.51. The number of thioether (sulfide) groups is 1. The Morgan fingerprint density at radius 3 is 2.56 bits per heavy atom. The van der Waals surface area contributed by atoms with E-state index < -0.39 is 5.97 Å². The lowest BCUT2D eigenvalue weighted by Gasteiger charge is -2.42. The van der Waals surface area contributed by atoms with Crippen molar-refractivity contribution in [2.24, 2.45) is 0 Å². The number of nitrogens with one attached hydrogen (secondary N) is 1. The van der Waals surface area contributed by atoms with Crippen LogP contribution in [0.3, 0.4) is 0 Å². The summed E-state index contributed by atoms with van der Waals surface area (Å²) in [5.74, 6) is 0.339. The van der Waals surface area contributed by atoms with Gasteiger partial charge >= 0.3 is 12.0 Å². The highest BCUT2D eigenvalue weighted by Gasteiger charge is 2.35. The predicted octanol–water partition coefficient (Wildman–Crippen LogP) is 5.66. The molecule has 34 heavy (non-hydrogen) atoms. The van der Waals surface area contributed by atoms with Crippen LogP contribution in [0.1, 0.15) is 64.2 Å². The molecule has 2 aromatic heterocycles. The van der Waals surface area contributed by atoms with E-state index in [1.807, 2.05) is 18.2 Å². The van der Waals surface area contributed by atoms with Crippen molar-refractivity contribution >= 4 is 40.2 Å². The van der Waals surface area contributed by atoms with Crippen LogP contribution in [0.5, 0.6) is 5.88 Å². The van der Waals surface area contributed by atoms with E-state index in [4.69, 9.17) is 9.84 Å². The topological polar surface area (TPSA) is 105 Å².